The third kappa shape index (κ3) is 2.18. The second-order valence-corrected chi connectivity index (χ2v) is 4.29. The predicted octanol–water partition coefficient (Wildman–Crippen LogP) is 2.62. The molecule has 96 valence electrons. The highest BCUT2D eigenvalue weighted by Crippen LogP contribution is 2.26. The summed E-state index contributed by atoms with van der Waals surface area (Å²) in [4.78, 5) is 15.3. The average molecular weight is 246 g/mol. The molecule has 0 saturated heterocycles. The van der Waals surface area contributed by atoms with Crippen molar-refractivity contribution < 1.29 is 9.53 Å². The number of aromatic nitrogens is 1. The Morgan fingerprint density at radius 1 is 1.44 bits per heavy atom. The van der Waals surface area contributed by atoms with Crippen molar-refractivity contribution in [2.75, 3.05) is 13.7 Å². The molecule has 0 atom stereocenters. The van der Waals surface area contributed by atoms with Crippen LogP contribution >= 0.6 is 0 Å². The summed E-state index contributed by atoms with van der Waals surface area (Å²) in [5.74, 6) is 0.722. The standard InChI is InChI=1S/C14H18N2O2/c1-4-7-15-14(17)13-9(2)16-12-6-5-10(18-3)8-11(12)13/h5-6,8,16H,4,7H2,1-3H3,(H,15,17). The van der Waals surface area contributed by atoms with E-state index in [9.17, 15) is 4.79 Å². The van der Waals surface area contributed by atoms with Gasteiger partial charge in [0.15, 0.2) is 0 Å². The lowest BCUT2D eigenvalue weighted by atomic mass is 10.1. The van der Waals surface area contributed by atoms with Crippen LogP contribution in [0, 0.1) is 6.92 Å². The zero-order chi connectivity index (χ0) is 13.1. The number of fused-ring (bicyclic) bond motifs is 1. The Morgan fingerprint density at radius 2 is 2.22 bits per heavy atom. The Morgan fingerprint density at radius 3 is 2.89 bits per heavy atom. The fraction of sp³-hybridized carbons (Fsp3) is 0.357. The summed E-state index contributed by atoms with van der Waals surface area (Å²) < 4.78 is 5.20. The van der Waals surface area contributed by atoms with E-state index >= 15 is 0 Å². The zero-order valence-corrected chi connectivity index (χ0v) is 11.0. The van der Waals surface area contributed by atoms with Crippen LogP contribution < -0.4 is 10.1 Å². The molecule has 0 unspecified atom stereocenters. The molecule has 1 aromatic carbocycles. The molecule has 0 radical (unpaired) electrons. The summed E-state index contributed by atoms with van der Waals surface area (Å²) in [5.41, 5.74) is 2.54. The van der Waals surface area contributed by atoms with Gasteiger partial charge in [0, 0.05) is 23.1 Å². The number of carbonyl (C=O) groups is 1. The molecule has 2 aromatic rings. The number of methoxy groups -OCH3 is 1. The molecule has 1 heterocycles. The second kappa shape index (κ2) is 5.12. The van der Waals surface area contributed by atoms with Crippen molar-refractivity contribution in [3.8, 4) is 5.75 Å². The Labute approximate surface area is 106 Å². The average Bonchev–Trinajstić information content (AvgIpc) is 2.70. The first-order valence-electron chi connectivity index (χ1n) is 6.12. The van der Waals surface area contributed by atoms with Crippen LogP contribution in [0.3, 0.4) is 0 Å². The number of nitrogens with one attached hydrogen (secondary N) is 2. The number of amides is 1. The van der Waals surface area contributed by atoms with Gasteiger partial charge in [0.2, 0.25) is 0 Å². The largest absolute Gasteiger partial charge is 0.497 e. The highest BCUT2D eigenvalue weighted by Gasteiger charge is 2.15. The molecule has 1 amide bonds. The van der Waals surface area contributed by atoms with Crippen LogP contribution in [-0.2, 0) is 0 Å². The van der Waals surface area contributed by atoms with E-state index in [4.69, 9.17) is 4.74 Å². The number of aromatic amines is 1. The van der Waals surface area contributed by atoms with Gasteiger partial charge in [0.05, 0.1) is 12.7 Å². The molecule has 2 rings (SSSR count). The second-order valence-electron chi connectivity index (χ2n) is 4.29. The minimum Gasteiger partial charge on any atom is -0.497 e. The molecule has 18 heavy (non-hydrogen) atoms. The van der Waals surface area contributed by atoms with Gasteiger partial charge in [0.1, 0.15) is 5.75 Å². The first kappa shape index (κ1) is 12.5. The molecule has 4 heteroatoms. The van der Waals surface area contributed by atoms with Gasteiger partial charge in [-0.1, -0.05) is 6.92 Å². The van der Waals surface area contributed by atoms with Crippen molar-refractivity contribution in [2.24, 2.45) is 0 Å². The van der Waals surface area contributed by atoms with Crippen LogP contribution in [-0.4, -0.2) is 24.5 Å². The lowest BCUT2D eigenvalue weighted by Gasteiger charge is -2.04. The van der Waals surface area contributed by atoms with Crippen molar-refractivity contribution in [1.29, 1.82) is 0 Å². The van der Waals surface area contributed by atoms with Crippen LogP contribution in [0.5, 0.6) is 5.75 Å². The Kier molecular flexibility index (Phi) is 3.55. The normalized spacial score (nSPS) is 10.6. The molecular formula is C14H18N2O2. The third-order valence-corrected chi connectivity index (χ3v) is 2.96. The van der Waals surface area contributed by atoms with E-state index in [0.717, 1.165) is 28.8 Å². The fourth-order valence-corrected chi connectivity index (χ4v) is 2.05. The van der Waals surface area contributed by atoms with Gasteiger partial charge in [-0.25, -0.2) is 0 Å². The minimum atomic E-state index is -0.0335. The van der Waals surface area contributed by atoms with E-state index in [-0.39, 0.29) is 5.91 Å². The van der Waals surface area contributed by atoms with Gasteiger partial charge in [-0.3, -0.25) is 4.79 Å². The van der Waals surface area contributed by atoms with Crippen LogP contribution in [0.25, 0.3) is 10.9 Å². The van der Waals surface area contributed by atoms with Crippen molar-refractivity contribution in [3.05, 3.63) is 29.5 Å². The molecule has 0 aliphatic rings. The van der Waals surface area contributed by atoms with E-state index in [0.29, 0.717) is 12.1 Å². The minimum absolute atomic E-state index is 0.0335. The first-order valence-corrected chi connectivity index (χ1v) is 6.12. The Bertz CT molecular complexity index is 572. The van der Waals surface area contributed by atoms with Gasteiger partial charge in [0.25, 0.3) is 5.91 Å². The fourth-order valence-electron chi connectivity index (χ4n) is 2.05. The van der Waals surface area contributed by atoms with Gasteiger partial charge in [-0.15, -0.1) is 0 Å². The zero-order valence-electron chi connectivity index (χ0n) is 11.0. The number of hydrogen-bond acceptors (Lipinski definition) is 2. The molecule has 0 aliphatic heterocycles. The molecule has 2 N–H and O–H groups in total. The number of benzene rings is 1. The van der Waals surface area contributed by atoms with Crippen molar-refractivity contribution in [2.45, 2.75) is 20.3 Å². The van der Waals surface area contributed by atoms with E-state index in [1.807, 2.05) is 32.0 Å². The van der Waals surface area contributed by atoms with Gasteiger partial charge in [-0.05, 0) is 31.5 Å². The number of ether oxygens (including phenoxy) is 1. The third-order valence-electron chi connectivity index (χ3n) is 2.96. The maximum absolute atomic E-state index is 12.1. The number of carbonyl (C=O) groups excluding carboxylic acids is 1. The van der Waals surface area contributed by atoms with E-state index in [1.165, 1.54) is 0 Å². The molecule has 0 bridgehead atoms. The highest BCUT2D eigenvalue weighted by atomic mass is 16.5. The number of H-pyrrole nitrogens is 1. The molecule has 0 saturated carbocycles. The Hall–Kier alpha value is -1.97. The van der Waals surface area contributed by atoms with Crippen LogP contribution in [0.1, 0.15) is 29.4 Å². The maximum Gasteiger partial charge on any atom is 0.253 e. The molecule has 1 aromatic heterocycles. The monoisotopic (exact) mass is 246 g/mol. The van der Waals surface area contributed by atoms with Crippen LogP contribution in [0.4, 0.5) is 0 Å². The molecule has 0 fully saturated rings. The highest BCUT2D eigenvalue weighted by molar-refractivity contribution is 6.08. The summed E-state index contributed by atoms with van der Waals surface area (Å²) >= 11 is 0. The van der Waals surface area contributed by atoms with Gasteiger partial charge in [-0.2, -0.15) is 0 Å². The first-order chi connectivity index (χ1) is 8.67. The van der Waals surface area contributed by atoms with Crippen molar-refractivity contribution in [3.63, 3.8) is 0 Å². The van der Waals surface area contributed by atoms with Crippen LogP contribution in [0.2, 0.25) is 0 Å². The van der Waals surface area contributed by atoms with E-state index in [1.54, 1.807) is 7.11 Å². The molecule has 0 aliphatic carbocycles. The smallest absolute Gasteiger partial charge is 0.253 e. The number of rotatable bonds is 4. The molecule has 4 nitrogen and oxygen atoms in total. The summed E-state index contributed by atoms with van der Waals surface area (Å²) in [6.45, 7) is 4.63. The van der Waals surface area contributed by atoms with Crippen molar-refractivity contribution in [1.82, 2.24) is 10.3 Å². The van der Waals surface area contributed by atoms with E-state index in [2.05, 4.69) is 10.3 Å². The summed E-state index contributed by atoms with van der Waals surface area (Å²) in [5, 5.41) is 3.81. The lowest BCUT2D eigenvalue weighted by Crippen LogP contribution is -2.24. The molecular weight excluding hydrogens is 228 g/mol. The van der Waals surface area contributed by atoms with Gasteiger partial charge < -0.3 is 15.0 Å². The summed E-state index contributed by atoms with van der Waals surface area (Å²) in [7, 11) is 1.62. The Balaban J connectivity index is 2.47. The number of hydrogen-bond donors (Lipinski definition) is 2. The van der Waals surface area contributed by atoms with Crippen molar-refractivity contribution >= 4 is 16.8 Å². The quantitative estimate of drug-likeness (QED) is 0.871. The predicted molar refractivity (Wildman–Crippen MR) is 72.2 cm³/mol. The number of aryl methyl sites for hydroxylation is 1. The molecule has 0 spiro atoms. The lowest BCUT2D eigenvalue weighted by molar-refractivity contribution is 0.0955. The van der Waals surface area contributed by atoms with E-state index < -0.39 is 0 Å². The SMILES string of the molecule is CCCNC(=O)c1c(C)[nH]c2ccc(OC)cc12. The summed E-state index contributed by atoms with van der Waals surface area (Å²) in [6, 6.07) is 5.70. The maximum atomic E-state index is 12.1. The topological polar surface area (TPSA) is 54.1 Å². The van der Waals surface area contributed by atoms with Crippen LogP contribution in [0.15, 0.2) is 18.2 Å². The van der Waals surface area contributed by atoms with Gasteiger partial charge >= 0.3 is 0 Å². The summed E-state index contributed by atoms with van der Waals surface area (Å²) in [6.07, 6.45) is 0.927.